The summed E-state index contributed by atoms with van der Waals surface area (Å²) in [6.45, 7) is 11.8. The molecule has 0 bridgehead atoms. The summed E-state index contributed by atoms with van der Waals surface area (Å²) in [6.07, 6.45) is 1.14. The van der Waals surface area contributed by atoms with Crippen LogP contribution in [0.2, 0.25) is 0 Å². The standard InChI is InChI=1S/C16H25N3/c1-5-9-19-15-8-7-12(3)10-14(15)18-16(19)13(4)11-17-6-2/h7-8,10,13,17H,5-6,9,11H2,1-4H3. The highest BCUT2D eigenvalue weighted by molar-refractivity contribution is 5.77. The van der Waals surface area contributed by atoms with Gasteiger partial charge in [0.1, 0.15) is 5.82 Å². The van der Waals surface area contributed by atoms with E-state index in [0.717, 1.165) is 31.6 Å². The molecule has 2 aromatic rings. The molecule has 0 radical (unpaired) electrons. The normalized spacial score (nSPS) is 13.1. The molecule has 1 N–H and O–H groups in total. The molecule has 0 fully saturated rings. The molecule has 3 heteroatoms. The van der Waals surface area contributed by atoms with E-state index in [2.05, 4.69) is 55.8 Å². The maximum Gasteiger partial charge on any atom is 0.113 e. The molecule has 1 aromatic carbocycles. The van der Waals surface area contributed by atoms with E-state index in [9.17, 15) is 0 Å². The maximum atomic E-state index is 4.87. The number of nitrogens with zero attached hydrogens (tertiary/aromatic N) is 2. The maximum absolute atomic E-state index is 4.87. The van der Waals surface area contributed by atoms with Crippen molar-refractivity contribution < 1.29 is 0 Å². The van der Waals surface area contributed by atoms with Gasteiger partial charge in [0.05, 0.1) is 11.0 Å². The Hall–Kier alpha value is -1.35. The number of hydrogen-bond donors (Lipinski definition) is 1. The van der Waals surface area contributed by atoms with Crippen LogP contribution in [0.4, 0.5) is 0 Å². The van der Waals surface area contributed by atoms with Gasteiger partial charge < -0.3 is 9.88 Å². The lowest BCUT2D eigenvalue weighted by molar-refractivity contribution is 0.563. The summed E-state index contributed by atoms with van der Waals surface area (Å²) in [4.78, 5) is 4.87. The van der Waals surface area contributed by atoms with Gasteiger partial charge in [-0.15, -0.1) is 0 Å². The van der Waals surface area contributed by atoms with Crippen LogP contribution < -0.4 is 5.32 Å². The minimum Gasteiger partial charge on any atom is -0.328 e. The number of aryl methyl sites for hydroxylation is 2. The number of likely N-dealkylation sites (N-methyl/N-ethyl adjacent to an activating group) is 1. The largest absolute Gasteiger partial charge is 0.328 e. The Morgan fingerprint density at radius 2 is 2.11 bits per heavy atom. The molecule has 3 nitrogen and oxygen atoms in total. The first-order valence-electron chi connectivity index (χ1n) is 7.34. The van der Waals surface area contributed by atoms with Crippen LogP contribution >= 0.6 is 0 Å². The van der Waals surface area contributed by atoms with Crippen LogP contribution in [0.15, 0.2) is 18.2 Å². The molecule has 0 saturated carbocycles. The lowest BCUT2D eigenvalue weighted by Gasteiger charge is -2.14. The summed E-state index contributed by atoms with van der Waals surface area (Å²) in [6, 6.07) is 6.57. The van der Waals surface area contributed by atoms with Gasteiger partial charge in [0.2, 0.25) is 0 Å². The van der Waals surface area contributed by atoms with Gasteiger partial charge in [-0.05, 0) is 37.6 Å². The Balaban J connectivity index is 2.43. The molecule has 0 amide bonds. The Morgan fingerprint density at radius 1 is 1.32 bits per heavy atom. The highest BCUT2D eigenvalue weighted by Crippen LogP contribution is 2.23. The van der Waals surface area contributed by atoms with E-state index in [-0.39, 0.29) is 0 Å². The van der Waals surface area contributed by atoms with Crippen molar-refractivity contribution in [2.75, 3.05) is 13.1 Å². The summed E-state index contributed by atoms with van der Waals surface area (Å²) >= 11 is 0. The molecule has 2 rings (SSSR count). The number of imidazole rings is 1. The molecule has 19 heavy (non-hydrogen) atoms. The van der Waals surface area contributed by atoms with Gasteiger partial charge in [-0.2, -0.15) is 0 Å². The number of rotatable bonds is 6. The first-order chi connectivity index (χ1) is 9.17. The molecular weight excluding hydrogens is 234 g/mol. The molecule has 104 valence electrons. The first-order valence-corrected chi connectivity index (χ1v) is 7.34. The Bertz CT molecular complexity index is 542. The minimum atomic E-state index is 0.444. The van der Waals surface area contributed by atoms with Gasteiger partial charge in [0, 0.05) is 19.0 Å². The van der Waals surface area contributed by atoms with Crippen LogP contribution in [-0.4, -0.2) is 22.6 Å². The highest BCUT2D eigenvalue weighted by Gasteiger charge is 2.15. The van der Waals surface area contributed by atoms with Crippen molar-refractivity contribution in [1.82, 2.24) is 14.9 Å². The zero-order chi connectivity index (χ0) is 13.8. The van der Waals surface area contributed by atoms with Gasteiger partial charge in [-0.25, -0.2) is 4.98 Å². The van der Waals surface area contributed by atoms with Gasteiger partial charge in [-0.1, -0.05) is 26.8 Å². The van der Waals surface area contributed by atoms with E-state index in [1.807, 2.05) is 0 Å². The van der Waals surface area contributed by atoms with Crippen LogP contribution in [-0.2, 0) is 6.54 Å². The lowest BCUT2D eigenvalue weighted by Crippen LogP contribution is -2.21. The molecule has 1 unspecified atom stereocenters. The van der Waals surface area contributed by atoms with Crippen molar-refractivity contribution in [2.45, 2.75) is 46.6 Å². The molecular formula is C16H25N3. The fourth-order valence-electron chi connectivity index (χ4n) is 2.55. The number of benzene rings is 1. The van der Waals surface area contributed by atoms with E-state index in [1.54, 1.807) is 0 Å². The second-order valence-corrected chi connectivity index (χ2v) is 5.32. The van der Waals surface area contributed by atoms with E-state index in [1.165, 1.54) is 16.9 Å². The zero-order valence-corrected chi connectivity index (χ0v) is 12.5. The molecule has 0 aliphatic rings. The summed E-state index contributed by atoms with van der Waals surface area (Å²) in [5, 5.41) is 3.42. The van der Waals surface area contributed by atoms with E-state index in [4.69, 9.17) is 4.98 Å². The summed E-state index contributed by atoms with van der Waals surface area (Å²) in [7, 11) is 0. The van der Waals surface area contributed by atoms with Crippen LogP contribution in [0.5, 0.6) is 0 Å². The minimum absolute atomic E-state index is 0.444. The van der Waals surface area contributed by atoms with Gasteiger partial charge in [0.25, 0.3) is 0 Å². The van der Waals surface area contributed by atoms with E-state index >= 15 is 0 Å². The number of hydrogen-bond acceptors (Lipinski definition) is 2. The second kappa shape index (κ2) is 6.20. The third kappa shape index (κ3) is 2.98. The SMILES string of the molecule is CCCn1c(C(C)CNCC)nc2cc(C)ccc21. The van der Waals surface area contributed by atoms with Crippen molar-refractivity contribution in [1.29, 1.82) is 0 Å². The third-order valence-electron chi connectivity index (χ3n) is 3.52. The van der Waals surface area contributed by atoms with E-state index < -0.39 is 0 Å². The van der Waals surface area contributed by atoms with Crippen molar-refractivity contribution in [3.8, 4) is 0 Å². The van der Waals surface area contributed by atoms with Crippen molar-refractivity contribution in [2.24, 2.45) is 0 Å². The molecule has 0 spiro atoms. The molecule has 0 aliphatic heterocycles. The van der Waals surface area contributed by atoms with Crippen LogP contribution in [0.1, 0.15) is 44.5 Å². The number of aromatic nitrogens is 2. The first kappa shape index (κ1) is 14.1. The Labute approximate surface area is 116 Å². The van der Waals surface area contributed by atoms with Crippen molar-refractivity contribution in [3.63, 3.8) is 0 Å². The zero-order valence-electron chi connectivity index (χ0n) is 12.5. The summed E-state index contributed by atoms with van der Waals surface area (Å²) in [5.41, 5.74) is 3.68. The number of nitrogens with one attached hydrogen (secondary N) is 1. The van der Waals surface area contributed by atoms with Gasteiger partial charge in [0.15, 0.2) is 0 Å². The number of fused-ring (bicyclic) bond motifs is 1. The van der Waals surface area contributed by atoms with Crippen molar-refractivity contribution in [3.05, 3.63) is 29.6 Å². The Morgan fingerprint density at radius 3 is 2.79 bits per heavy atom. The molecule has 1 aromatic heterocycles. The fourth-order valence-corrected chi connectivity index (χ4v) is 2.55. The smallest absolute Gasteiger partial charge is 0.113 e. The fraction of sp³-hybridized carbons (Fsp3) is 0.562. The molecule has 1 atom stereocenters. The van der Waals surface area contributed by atoms with Crippen LogP contribution in [0, 0.1) is 6.92 Å². The Kier molecular flexibility index (Phi) is 4.59. The van der Waals surface area contributed by atoms with Gasteiger partial charge >= 0.3 is 0 Å². The summed E-state index contributed by atoms with van der Waals surface area (Å²) in [5.74, 6) is 1.66. The summed E-state index contributed by atoms with van der Waals surface area (Å²) < 4.78 is 2.39. The average molecular weight is 259 g/mol. The quantitative estimate of drug-likeness (QED) is 0.861. The predicted octanol–water partition coefficient (Wildman–Crippen LogP) is 3.47. The third-order valence-corrected chi connectivity index (χ3v) is 3.52. The van der Waals surface area contributed by atoms with Crippen LogP contribution in [0.25, 0.3) is 11.0 Å². The van der Waals surface area contributed by atoms with E-state index in [0.29, 0.717) is 5.92 Å². The predicted molar refractivity (Wildman–Crippen MR) is 81.7 cm³/mol. The van der Waals surface area contributed by atoms with Crippen molar-refractivity contribution >= 4 is 11.0 Å². The molecule has 0 saturated heterocycles. The average Bonchev–Trinajstić information content (AvgIpc) is 2.74. The van der Waals surface area contributed by atoms with Gasteiger partial charge in [-0.3, -0.25) is 0 Å². The monoisotopic (exact) mass is 259 g/mol. The second-order valence-electron chi connectivity index (χ2n) is 5.32. The lowest BCUT2D eigenvalue weighted by atomic mass is 10.1. The van der Waals surface area contributed by atoms with Crippen LogP contribution in [0.3, 0.4) is 0 Å². The highest BCUT2D eigenvalue weighted by atomic mass is 15.1. The molecule has 0 aliphatic carbocycles. The topological polar surface area (TPSA) is 29.9 Å². The molecule has 1 heterocycles.